The summed E-state index contributed by atoms with van der Waals surface area (Å²) in [7, 11) is 0. The van der Waals surface area contributed by atoms with Crippen LogP contribution in [0.15, 0.2) is 42.6 Å². The molecule has 0 aliphatic rings. The van der Waals surface area contributed by atoms with E-state index in [0.29, 0.717) is 5.11 Å². The van der Waals surface area contributed by atoms with Crippen LogP contribution in [-0.4, -0.2) is 22.4 Å². The van der Waals surface area contributed by atoms with Crippen LogP contribution in [0.5, 0.6) is 0 Å². The van der Waals surface area contributed by atoms with Crippen molar-refractivity contribution in [3.05, 3.63) is 59.3 Å². The van der Waals surface area contributed by atoms with Crippen molar-refractivity contribution in [1.29, 1.82) is 0 Å². The lowest BCUT2D eigenvalue weighted by atomic mass is 10.2. The standard InChI is InChI=1S/C17H21N3S2/c1-13-3-6-15(7-4-13)12-22-10-9-18-17(21)20-16-8-5-14(2)11-19-16/h3-8,11H,9-10,12H2,1-2H3,(H2,18,19,20,21). The van der Waals surface area contributed by atoms with Gasteiger partial charge in [-0.25, -0.2) is 4.98 Å². The fourth-order valence-corrected chi connectivity index (χ4v) is 2.84. The number of pyridine rings is 1. The Balaban J connectivity index is 1.61. The van der Waals surface area contributed by atoms with Crippen molar-refractivity contribution < 1.29 is 0 Å². The average Bonchev–Trinajstić information content (AvgIpc) is 2.51. The molecule has 1 aromatic carbocycles. The molecule has 5 heteroatoms. The minimum absolute atomic E-state index is 0.618. The summed E-state index contributed by atoms with van der Waals surface area (Å²) in [5.74, 6) is 2.81. The zero-order valence-electron chi connectivity index (χ0n) is 12.9. The second kappa shape index (κ2) is 8.76. The number of hydrogen-bond acceptors (Lipinski definition) is 3. The Labute approximate surface area is 141 Å². The summed E-state index contributed by atoms with van der Waals surface area (Å²) >= 11 is 7.15. The highest BCUT2D eigenvalue weighted by Crippen LogP contribution is 2.12. The molecule has 0 spiro atoms. The number of benzene rings is 1. The van der Waals surface area contributed by atoms with Crippen LogP contribution in [0.1, 0.15) is 16.7 Å². The summed E-state index contributed by atoms with van der Waals surface area (Å²) in [6.45, 7) is 4.96. The first-order chi connectivity index (χ1) is 10.6. The van der Waals surface area contributed by atoms with E-state index in [0.717, 1.165) is 29.4 Å². The molecule has 2 aromatic rings. The minimum atomic E-state index is 0.618. The Bertz CT molecular complexity index is 594. The number of rotatable bonds is 6. The van der Waals surface area contributed by atoms with E-state index in [1.807, 2.05) is 37.0 Å². The zero-order valence-corrected chi connectivity index (χ0v) is 14.6. The van der Waals surface area contributed by atoms with Crippen molar-refractivity contribution in [2.75, 3.05) is 17.6 Å². The van der Waals surface area contributed by atoms with Gasteiger partial charge in [-0.2, -0.15) is 11.8 Å². The van der Waals surface area contributed by atoms with Crippen LogP contribution in [0.25, 0.3) is 0 Å². The summed E-state index contributed by atoms with van der Waals surface area (Å²) in [4.78, 5) is 4.27. The Morgan fingerprint density at radius 3 is 2.50 bits per heavy atom. The summed E-state index contributed by atoms with van der Waals surface area (Å²) in [6, 6.07) is 12.6. The summed E-state index contributed by atoms with van der Waals surface area (Å²) in [5.41, 5.74) is 3.80. The van der Waals surface area contributed by atoms with Crippen molar-refractivity contribution in [2.45, 2.75) is 19.6 Å². The van der Waals surface area contributed by atoms with E-state index in [-0.39, 0.29) is 0 Å². The average molecular weight is 332 g/mol. The minimum Gasteiger partial charge on any atom is -0.362 e. The van der Waals surface area contributed by atoms with Crippen molar-refractivity contribution in [1.82, 2.24) is 10.3 Å². The van der Waals surface area contributed by atoms with E-state index < -0.39 is 0 Å². The predicted molar refractivity (Wildman–Crippen MR) is 101 cm³/mol. The molecule has 2 N–H and O–H groups in total. The maximum Gasteiger partial charge on any atom is 0.171 e. The molecule has 0 amide bonds. The van der Waals surface area contributed by atoms with E-state index in [4.69, 9.17) is 12.2 Å². The quantitative estimate of drug-likeness (QED) is 0.620. The molecule has 0 saturated carbocycles. The molecule has 2 rings (SSSR count). The summed E-state index contributed by atoms with van der Waals surface area (Å²) < 4.78 is 0. The monoisotopic (exact) mass is 331 g/mol. The van der Waals surface area contributed by atoms with Gasteiger partial charge in [0.15, 0.2) is 5.11 Å². The fourth-order valence-electron chi connectivity index (χ4n) is 1.81. The van der Waals surface area contributed by atoms with Gasteiger partial charge >= 0.3 is 0 Å². The second-order valence-electron chi connectivity index (χ2n) is 5.14. The molecular weight excluding hydrogens is 310 g/mol. The normalized spacial score (nSPS) is 10.3. The van der Waals surface area contributed by atoms with Gasteiger partial charge in [0.05, 0.1) is 0 Å². The van der Waals surface area contributed by atoms with Crippen LogP contribution < -0.4 is 10.6 Å². The first kappa shape index (κ1) is 16.8. The number of nitrogens with zero attached hydrogens (tertiary/aromatic N) is 1. The highest BCUT2D eigenvalue weighted by Gasteiger charge is 1.98. The van der Waals surface area contributed by atoms with Gasteiger partial charge in [0.25, 0.3) is 0 Å². The highest BCUT2D eigenvalue weighted by molar-refractivity contribution is 7.98. The molecule has 1 heterocycles. The molecule has 0 radical (unpaired) electrons. The van der Waals surface area contributed by atoms with E-state index in [2.05, 4.69) is 46.8 Å². The number of thiocarbonyl (C=S) groups is 1. The first-order valence-corrected chi connectivity index (χ1v) is 8.80. The molecule has 0 aliphatic carbocycles. The highest BCUT2D eigenvalue weighted by atomic mass is 32.2. The molecule has 0 atom stereocenters. The van der Waals surface area contributed by atoms with Crippen LogP contribution in [-0.2, 0) is 5.75 Å². The summed E-state index contributed by atoms with van der Waals surface area (Å²) in [5, 5.41) is 6.90. The van der Waals surface area contributed by atoms with Gasteiger partial charge in [-0.1, -0.05) is 35.9 Å². The Morgan fingerprint density at radius 1 is 1.09 bits per heavy atom. The van der Waals surface area contributed by atoms with Crippen LogP contribution in [0.2, 0.25) is 0 Å². The van der Waals surface area contributed by atoms with Gasteiger partial charge in [-0.05, 0) is 43.3 Å². The van der Waals surface area contributed by atoms with Crippen LogP contribution in [0, 0.1) is 13.8 Å². The zero-order chi connectivity index (χ0) is 15.8. The van der Waals surface area contributed by atoms with Gasteiger partial charge in [-0.3, -0.25) is 0 Å². The summed E-state index contributed by atoms with van der Waals surface area (Å²) in [6.07, 6.45) is 1.82. The largest absolute Gasteiger partial charge is 0.362 e. The molecule has 116 valence electrons. The van der Waals surface area contributed by atoms with Crippen molar-refractivity contribution in [2.24, 2.45) is 0 Å². The number of nitrogens with one attached hydrogen (secondary N) is 2. The molecule has 1 aromatic heterocycles. The molecular formula is C17H21N3S2. The van der Waals surface area contributed by atoms with Gasteiger partial charge in [0, 0.05) is 24.2 Å². The first-order valence-electron chi connectivity index (χ1n) is 7.24. The number of thioether (sulfide) groups is 1. The topological polar surface area (TPSA) is 37.0 Å². The van der Waals surface area contributed by atoms with E-state index >= 15 is 0 Å². The Hall–Kier alpha value is -1.59. The number of anilines is 1. The van der Waals surface area contributed by atoms with Crippen LogP contribution >= 0.6 is 24.0 Å². The molecule has 3 nitrogen and oxygen atoms in total. The third-order valence-corrected chi connectivity index (χ3v) is 4.35. The number of aromatic nitrogens is 1. The van der Waals surface area contributed by atoms with Crippen molar-refractivity contribution >= 4 is 34.9 Å². The maximum absolute atomic E-state index is 5.25. The lowest BCUT2D eigenvalue weighted by molar-refractivity contribution is 0.988. The number of aryl methyl sites for hydroxylation is 2. The third-order valence-electron chi connectivity index (χ3n) is 3.07. The van der Waals surface area contributed by atoms with E-state index in [1.54, 1.807) is 0 Å². The lowest BCUT2D eigenvalue weighted by Gasteiger charge is -2.10. The fraction of sp³-hybridized carbons (Fsp3) is 0.294. The SMILES string of the molecule is Cc1ccc(CSCCNC(=S)Nc2ccc(C)cn2)cc1. The molecule has 0 aliphatic heterocycles. The lowest BCUT2D eigenvalue weighted by Crippen LogP contribution is -2.30. The molecule has 22 heavy (non-hydrogen) atoms. The molecule has 0 fully saturated rings. The maximum atomic E-state index is 5.25. The third kappa shape index (κ3) is 6.03. The molecule has 0 bridgehead atoms. The molecule has 0 unspecified atom stereocenters. The van der Waals surface area contributed by atoms with Crippen LogP contribution in [0.3, 0.4) is 0 Å². The van der Waals surface area contributed by atoms with Crippen molar-refractivity contribution in [3.63, 3.8) is 0 Å². The second-order valence-corrected chi connectivity index (χ2v) is 6.65. The van der Waals surface area contributed by atoms with Gasteiger partial charge in [0.1, 0.15) is 5.82 Å². The van der Waals surface area contributed by atoms with Gasteiger partial charge in [-0.15, -0.1) is 0 Å². The smallest absolute Gasteiger partial charge is 0.171 e. The van der Waals surface area contributed by atoms with Gasteiger partial charge < -0.3 is 10.6 Å². The number of hydrogen-bond donors (Lipinski definition) is 2. The molecule has 0 saturated heterocycles. The van der Waals surface area contributed by atoms with Gasteiger partial charge in [0.2, 0.25) is 0 Å². The predicted octanol–water partition coefficient (Wildman–Crippen LogP) is 3.92. The van der Waals surface area contributed by atoms with Crippen molar-refractivity contribution in [3.8, 4) is 0 Å². The van der Waals surface area contributed by atoms with E-state index in [9.17, 15) is 0 Å². The Morgan fingerprint density at radius 2 is 1.82 bits per heavy atom. The van der Waals surface area contributed by atoms with E-state index in [1.165, 1.54) is 11.1 Å². The Kier molecular flexibility index (Phi) is 6.68. The van der Waals surface area contributed by atoms with Crippen LogP contribution in [0.4, 0.5) is 5.82 Å².